The molecule has 2 aromatic rings. The molecule has 0 saturated heterocycles. The van der Waals surface area contributed by atoms with Gasteiger partial charge in [0.25, 0.3) is 5.69 Å². The second kappa shape index (κ2) is 6.68. The number of nitro groups is 1. The van der Waals surface area contributed by atoms with Crippen LogP contribution in [0.1, 0.15) is 11.1 Å². The molecule has 0 amide bonds. The van der Waals surface area contributed by atoms with Crippen molar-refractivity contribution in [2.24, 2.45) is 0 Å². The Kier molecular flexibility index (Phi) is 4.68. The molecular formula is C15H16N2O3. The summed E-state index contributed by atoms with van der Waals surface area (Å²) in [5, 5.41) is 14.0. The van der Waals surface area contributed by atoms with E-state index in [1.54, 1.807) is 18.2 Å². The molecule has 0 aliphatic carbocycles. The summed E-state index contributed by atoms with van der Waals surface area (Å²) < 4.78 is 5.64. The molecule has 5 heteroatoms. The summed E-state index contributed by atoms with van der Waals surface area (Å²) in [7, 11) is 1.88. The minimum absolute atomic E-state index is 0.0823. The summed E-state index contributed by atoms with van der Waals surface area (Å²) in [4.78, 5) is 10.5. The molecule has 1 N–H and O–H groups in total. The molecular weight excluding hydrogens is 256 g/mol. The van der Waals surface area contributed by atoms with Crippen LogP contribution >= 0.6 is 0 Å². The predicted octanol–water partition coefficient (Wildman–Crippen LogP) is 2.89. The van der Waals surface area contributed by atoms with Gasteiger partial charge in [-0.3, -0.25) is 10.1 Å². The van der Waals surface area contributed by atoms with E-state index in [9.17, 15) is 10.1 Å². The maximum absolute atomic E-state index is 10.9. The lowest BCUT2D eigenvalue weighted by atomic mass is 10.2. The van der Waals surface area contributed by atoms with Crippen LogP contribution in [0.4, 0.5) is 5.69 Å². The first-order valence-electron chi connectivity index (χ1n) is 6.29. The Morgan fingerprint density at radius 3 is 2.75 bits per heavy atom. The normalized spacial score (nSPS) is 10.2. The summed E-state index contributed by atoms with van der Waals surface area (Å²) in [5.74, 6) is 0.705. The van der Waals surface area contributed by atoms with Crippen LogP contribution in [-0.2, 0) is 13.2 Å². The van der Waals surface area contributed by atoms with E-state index in [0.717, 1.165) is 12.1 Å². The quantitative estimate of drug-likeness (QED) is 0.648. The number of ether oxygens (including phenoxy) is 1. The zero-order chi connectivity index (χ0) is 14.4. The van der Waals surface area contributed by atoms with Crippen molar-refractivity contribution < 1.29 is 9.66 Å². The summed E-state index contributed by atoms with van der Waals surface area (Å²) in [6.45, 7) is 0.933. The van der Waals surface area contributed by atoms with Crippen LogP contribution in [0.25, 0.3) is 0 Å². The Balaban J connectivity index is 2.09. The van der Waals surface area contributed by atoms with Crippen molar-refractivity contribution in [3.63, 3.8) is 0 Å². The van der Waals surface area contributed by atoms with Crippen molar-refractivity contribution >= 4 is 5.69 Å². The van der Waals surface area contributed by atoms with Crippen LogP contribution < -0.4 is 10.1 Å². The van der Waals surface area contributed by atoms with Gasteiger partial charge in [-0.15, -0.1) is 0 Å². The third-order valence-corrected chi connectivity index (χ3v) is 2.86. The standard InChI is InChI=1S/C15H16N2O3/c1-16-10-12-5-4-7-14(9-12)20-11-13-6-2-3-8-15(13)17(18)19/h2-9,16H,10-11H2,1H3. The average Bonchev–Trinajstić information content (AvgIpc) is 2.46. The van der Waals surface area contributed by atoms with Gasteiger partial charge in [-0.05, 0) is 30.8 Å². The largest absolute Gasteiger partial charge is 0.489 e. The number of nitrogens with zero attached hydrogens (tertiary/aromatic N) is 1. The highest BCUT2D eigenvalue weighted by Crippen LogP contribution is 2.21. The van der Waals surface area contributed by atoms with E-state index in [2.05, 4.69) is 5.32 Å². The van der Waals surface area contributed by atoms with Crippen molar-refractivity contribution in [2.75, 3.05) is 7.05 Å². The number of benzene rings is 2. The molecule has 0 heterocycles. The van der Waals surface area contributed by atoms with Gasteiger partial charge in [-0.2, -0.15) is 0 Å². The van der Waals surface area contributed by atoms with Gasteiger partial charge in [0.2, 0.25) is 0 Å². The van der Waals surface area contributed by atoms with E-state index < -0.39 is 4.92 Å². The Morgan fingerprint density at radius 2 is 2.00 bits per heavy atom. The van der Waals surface area contributed by atoms with E-state index in [4.69, 9.17) is 4.74 Å². The van der Waals surface area contributed by atoms with Crippen LogP contribution in [0.2, 0.25) is 0 Å². The molecule has 0 atom stereocenters. The molecule has 0 radical (unpaired) electrons. The highest BCUT2D eigenvalue weighted by Gasteiger charge is 2.12. The van der Waals surface area contributed by atoms with Crippen LogP contribution in [0.5, 0.6) is 5.75 Å². The monoisotopic (exact) mass is 272 g/mol. The number of para-hydroxylation sites is 1. The number of nitrogens with one attached hydrogen (secondary N) is 1. The highest BCUT2D eigenvalue weighted by atomic mass is 16.6. The number of nitro benzene ring substituents is 1. The van der Waals surface area contributed by atoms with Crippen LogP contribution in [-0.4, -0.2) is 12.0 Å². The van der Waals surface area contributed by atoms with Gasteiger partial charge < -0.3 is 10.1 Å². The lowest BCUT2D eigenvalue weighted by molar-refractivity contribution is -0.385. The molecule has 2 aromatic carbocycles. The smallest absolute Gasteiger partial charge is 0.276 e. The van der Waals surface area contributed by atoms with Crippen molar-refractivity contribution in [1.29, 1.82) is 0 Å². The van der Waals surface area contributed by atoms with Gasteiger partial charge in [0, 0.05) is 12.6 Å². The lowest BCUT2D eigenvalue weighted by Crippen LogP contribution is -2.05. The molecule has 0 bridgehead atoms. The molecule has 20 heavy (non-hydrogen) atoms. The maximum Gasteiger partial charge on any atom is 0.276 e. The number of rotatable bonds is 6. The number of hydrogen-bond acceptors (Lipinski definition) is 4. The third-order valence-electron chi connectivity index (χ3n) is 2.86. The minimum Gasteiger partial charge on any atom is -0.489 e. The van der Waals surface area contributed by atoms with Crippen molar-refractivity contribution in [3.05, 3.63) is 69.8 Å². The highest BCUT2D eigenvalue weighted by molar-refractivity contribution is 5.39. The zero-order valence-electron chi connectivity index (χ0n) is 11.2. The van der Waals surface area contributed by atoms with Gasteiger partial charge in [0.05, 0.1) is 10.5 Å². The molecule has 5 nitrogen and oxygen atoms in total. The maximum atomic E-state index is 10.9. The fourth-order valence-corrected chi connectivity index (χ4v) is 1.92. The Morgan fingerprint density at radius 1 is 1.20 bits per heavy atom. The summed E-state index contributed by atoms with van der Waals surface area (Å²) in [5.41, 5.74) is 1.75. The Bertz CT molecular complexity index is 599. The second-order valence-corrected chi connectivity index (χ2v) is 4.35. The first-order chi connectivity index (χ1) is 9.70. The van der Waals surface area contributed by atoms with Gasteiger partial charge in [-0.1, -0.05) is 24.3 Å². The van der Waals surface area contributed by atoms with E-state index in [1.807, 2.05) is 31.3 Å². The first-order valence-corrected chi connectivity index (χ1v) is 6.29. The summed E-state index contributed by atoms with van der Waals surface area (Å²) in [6, 6.07) is 14.3. The van der Waals surface area contributed by atoms with Gasteiger partial charge in [-0.25, -0.2) is 0 Å². The fraction of sp³-hybridized carbons (Fsp3) is 0.200. The lowest BCUT2D eigenvalue weighted by Gasteiger charge is -2.08. The average molecular weight is 272 g/mol. The van der Waals surface area contributed by atoms with Gasteiger partial charge >= 0.3 is 0 Å². The second-order valence-electron chi connectivity index (χ2n) is 4.35. The zero-order valence-corrected chi connectivity index (χ0v) is 11.2. The van der Waals surface area contributed by atoms with Crippen molar-refractivity contribution in [1.82, 2.24) is 5.32 Å². The van der Waals surface area contributed by atoms with E-state index in [-0.39, 0.29) is 12.3 Å². The van der Waals surface area contributed by atoms with E-state index in [0.29, 0.717) is 11.3 Å². The van der Waals surface area contributed by atoms with Gasteiger partial charge in [0.1, 0.15) is 12.4 Å². The Hall–Kier alpha value is -2.40. The van der Waals surface area contributed by atoms with Crippen LogP contribution in [0.15, 0.2) is 48.5 Å². The van der Waals surface area contributed by atoms with Crippen molar-refractivity contribution in [2.45, 2.75) is 13.2 Å². The molecule has 0 aliphatic heterocycles. The molecule has 0 saturated carbocycles. The van der Waals surface area contributed by atoms with E-state index in [1.165, 1.54) is 6.07 Å². The SMILES string of the molecule is CNCc1cccc(OCc2ccccc2[N+](=O)[O-])c1. The molecule has 0 unspecified atom stereocenters. The topological polar surface area (TPSA) is 64.4 Å². The third kappa shape index (κ3) is 3.55. The fourth-order valence-electron chi connectivity index (χ4n) is 1.92. The molecule has 0 fully saturated rings. The van der Waals surface area contributed by atoms with Gasteiger partial charge in [0.15, 0.2) is 0 Å². The molecule has 0 aromatic heterocycles. The minimum atomic E-state index is -0.393. The van der Waals surface area contributed by atoms with E-state index >= 15 is 0 Å². The Labute approximate surface area is 117 Å². The van der Waals surface area contributed by atoms with Crippen LogP contribution in [0, 0.1) is 10.1 Å². The first kappa shape index (κ1) is 14.0. The van der Waals surface area contributed by atoms with Crippen LogP contribution in [0.3, 0.4) is 0 Å². The number of hydrogen-bond donors (Lipinski definition) is 1. The summed E-state index contributed by atoms with van der Waals surface area (Å²) >= 11 is 0. The molecule has 2 rings (SSSR count). The van der Waals surface area contributed by atoms with Crippen molar-refractivity contribution in [3.8, 4) is 5.75 Å². The molecule has 104 valence electrons. The molecule has 0 aliphatic rings. The predicted molar refractivity (Wildman–Crippen MR) is 76.6 cm³/mol. The molecule has 0 spiro atoms. The summed E-state index contributed by atoms with van der Waals surface area (Å²) in [6.07, 6.45) is 0.